The molecule has 3 rings (SSSR count). The summed E-state index contributed by atoms with van der Waals surface area (Å²) >= 11 is 4.31. The predicted octanol–water partition coefficient (Wildman–Crippen LogP) is 4.22. The number of rotatable bonds is 7. The molecule has 1 N–H and O–H groups in total. The maximum atomic E-state index is 12.7. The lowest BCUT2D eigenvalue weighted by atomic mass is 10.0. The number of ketones is 1. The second kappa shape index (κ2) is 8.98. The van der Waals surface area contributed by atoms with Gasteiger partial charge in [-0.15, -0.1) is 10.2 Å². The minimum Gasteiger partial charge on any atom is -0.325 e. The first-order chi connectivity index (χ1) is 12.7. The largest absolute Gasteiger partial charge is 0.325 e. The van der Waals surface area contributed by atoms with Crippen molar-refractivity contribution in [1.82, 2.24) is 10.2 Å². The number of carbonyl (C=O) groups is 2. The van der Waals surface area contributed by atoms with Crippen molar-refractivity contribution in [2.24, 2.45) is 0 Å². The molecule has 0 unspecified atom stereocenters. The lowest BCUT2D eigenvalue weighted by Crippen LogP contribution is -2.16. The second-order valence-electron chi connectivity index (χ2n) is 5.12. The molecule has 132 valence electrons. The highest BCUT2D eigenvalue weighted by molar-refractivity contribution is 8.03. The van der Waals surface area contributed by atoms with E-state index in [1.807, 2.05) is 24.5 Å². The molecular formula is C18H15N3O2S3. The summed E-state index contributed by atoms with van der Waals surface area (Å²) in [6.07, 6.45) is 1.93. The Kier molecular flexibility index (Phi) is 6.43. The van der Waals surface area contributed by atoms with Crippen molar-refractivity contribution in [2.75, 3.05) is 17.3 Å². The van der Waals surface area contributed by atoms with Crippen molar-refractivity contribution in [3.05, 3.63) is 65.7 Å². The molecule has 0 saturated carbocycles. The summed E-state index contributed by atoms with van der Waals surface area (Å²) in [5.41, 5.74) is 1.56. The van der Waals surface area contributed by atoms with Crippen molar-refractivity contribution in [2.45, 2.75) is 8.68 Å². The number of thioether (sulfide) groups is 2. The molecule has 2 aromatic carbocycles. The van der Waals surface area contributed by atoms with Gasteiger partial charge in [-0.05, 0) is 18.4 Å². The highest BCUT2D eigenvalue weighted by atomic mass is 32.2. The van der Waals surface area contributed by atoms with Gasteiger partial charge in [-0.1, -0.05) is 77.3 Å². The van der Waals surface area contributed by atoms with Crippen LogP contribution in [0, 0.1) is 0 Å². The van der Waals surface area contributed by atoms with Gasteiger partial charge < -0.3 is 5.32 Å². The van der Waals surface area contributed by atoms with Crippen LogP contribution in [-0.4, -0.2) is 33.9 Å². The molecule has 1 amide bonds. The van der Waals surface area contributed by atoms with Crippen molar-refractivity contribution in [3.63, 3.8) is 0 Å². The first kappa shape index (κ1) is 18.6. The normalized spacial score (nSPS) is 10.5. The molecule has 0 saturated heterocycles. The van der Waals surface area contributed by atoms with Crippen LogP contribution in [0.1, 0.15) is 15.9 Å². The van der Waals surface area contributed by atoms with Crippen LogP contribution in [0.4, 0.5) is 5.69 Å². The maximum absolute atomic E-state index is 12.7. The molecule has 0 bridgehead atoms. The summed E-state index contributed by atoms with van der Waals surface area (Å²) in [5.74, 6) is -0.108. The molecule has 26 heavy (non-hydrogen) atoms. The summed E-state index contributed by atoms with van der Waals surface area (Å²) in [5, 5.41) is 10.9. The number of anilines is 1. The Morgan fingerprint density at radius 2 is 1.69 bits per heavy atom. The number of carbonyl (C=O) groups excluding carboxylic acids is 2. The van der Waals surface area contributed by atoms with E-state index < -0.39 is 0 Å². The van der Waals surface area contributed by atoms with E-state index in [4.69, 9.17) is 0 Å². The SMILES string of the molecule is CSc1nnc(SCC(=O)Nc2ccccc2C(=O)c2ccccc2)s1. The first-order valence-electron chi connectivity index (χ1n) is 7.66. The Balaban J connectivity index is 1.68. The van der Waals surface area contributed by atoms with Gasteiger partial charge in [0.25, 0.3) is 0 Å². The number of aromatic nitrogens is 2. The Bertz CT molecular complexity index is 913. The van der Waals surface area contributed by atoms with E-state index in [1.165, 1.54) is 34.9 Å². The summed E-state index contributed by atoms with van der Waals surface area (Å²) in [7, 11) is 0. The molecule has 0 spiro atoms. The zero-order valence-electron chi connectivity index (χ0n) is 13.8. The highest BCUT2D eigenvalue weighted by Crippen LogP contribution is 2.27. The molecule has 0 fully saturated rings. The first-order valence-corrected chi connectivity index (χ1v) is 10.7. The summed E-state index contributed by atoms with van der Waals surface area (Å²) in [6.45, 7) is 0. The number of para-hydroxylation sites is 1. The van der Waals surface area contributed by atoms with Crippen LogP contribution in [0.2, 0.25) is 0 Å². The van der Waals surface area contributed by atoms with Crippen LogP contribution in [-0.2, 0) is 4.79 Å². The summed E-state index contributed by atoms with van der Waals surface area (Å²) < 4.78 is 1.62. The third-order valence-electron chi connectivity index (χ3n) is 3.37. The van der Waals surface area contributed by atoms with Crippen molar-refractivity contribution >= 4 is 52.2 Å². The van der Waals surface area contributed by atoms with Crippen LogP contribution in [0.3, 0.4) is 0 Å². The van der Waals surface area contributed by atoms with E-state index in [0.29, 0.717) is 16.8 Å². The average Bonchev–Trinajstić information content (AvgIpc) is 3.15. The van der Waals surface area contributed by atoms with Gasteiger partial charge in [-0.3, -0.25) is 9.59 Å². The number of benzene rings is 2. The summed E-state index contributed by atoms with van der Waals surface area (Å²) in [4.78, 5) is 25.0. The molecule has 0 aliphatic heterocycles. The van der Waals surface area contributed by atoms with E-state index in [0.717, 1.165) is 8.68 Å². The minimum absolute atomic E-state index is 0.122. The van der Waals surface area contributed by atoms with Crippen LogP contribution < -0.4 is 5.32 Å². The van der Waals surface area contributed by atoms with Gasteiger partial charge in [0, 0.05) is 11.1 Å². The number of hydrogen-bond acceptors (Lipinski definition) is 7. The van der Waals surface area contributed by atoms with Crippen molar-refractivity contribution in [3.8, 4) is 0 Å². The van der Waals surface area contributed by atoms with Crippen LogP contribution >= 0.6 is 34.9 Å². The maximum Gasteiger partial charge on any atom is 0.234 e. The molecule has 5 nitrogen and oxygen atoms in total. The smallest absolute Gasteiger partial charge is 0.234 e. The Hall–Kier alpha value is -2.16. The number of nitrogens with zero attached hydrogens (tertiary/aromatic N) is 2. The van der Waals surface area contributed by atoms with Gasteiger partial charge in [0.15, 0.2) is 14.5 Å². The van der Waals surface area contributed by atoms with Gasteiger partial charge in [0.1, 0.15) is 0 Å². The highest BCUT2D eigenvalue weighted by Gasteiger charge is 2.15. The molecule has 1 aromatic heterocycles. The third-order valence-corrected chi connectivity index (χ3v) is 6.40. The topological polar surface area (TPSA) is 72.0 Å². The molecule has 8 heteroatoms. The fraction of sp³-hybridized carbons (Fsp3) is 0.111. The zero-order valence-corrected chi connectivity index (χ0v) is 16.3. The number of amides is 1. The average molecular weight is 402 g/mol. The standard InChI is InChI=1S/C18H15N3O2S3/c1-24-17-20-21-18(26-17)25-11-15(22)19-14-10-6-5-9-13(14)16(23)12-7-3-2-4-8-12/h2-10H,11H2,1H3,(H,19,22). The van der Waals surface area contributed by atoms with E-state index in [2.05, 4.69) is 15.5 Å². The molecule has 0 aliphatic carbocycles. The lowest BCUT2D eigenvalue weighted by Gasteiger charge is -2.10. The van der Waals surface area contributed by atoms with E-state index in [9.17, 15) is 9.59 Å². The summed E-state index contributed by atoms with van der Waals surface area (Å²) in [6, 6.07) is 16.0. The predicted molar refractivity (Wildman–Crippen MR) is 107 cm³/mol. The number of hydrogen-bond donors (Lipinski definition) is 1. The minimum atomic E-state index is -0.191. The van der Waals surface area contributed by atoms with Gasteiger partial charge >= 0.3 is 0 Å². The van der Waals surface area contributed by atoms with Crippen molar-refractivity contribution < 1.29 is 9.59 Å². The Labute approximate surface area is 163 Å². The van der Waals surface area contributed by atoms with Crippen LogP contribution in [0.25, 0.3) is 0 Å². The molecule has 0 atom stereocenters. The van der Waals surface area contributed by atoms with Gasteiger partial charge in [0.2, 0.25) is 5.91 Å². The number of nitrogens with one attached hydrogen (secondary N) is 1. The monoisotopic (exact) mass is 401 g/mol. The Morgan fingerprint density at radius 1 is 1.00 bits per heavy atom. The molecule has 1 heterocycles. The molecule has 0 aliphatic rings. The molecule has 3 aromatic rings. The van der Waals surface area contributed by atoms with Crippen LogP contribution in [0.5, 0.6) is 0 Å². The van der Waals surface area contributed by atoms with E-state index in [1.54, 1.807) is 36.4 Å². The van der Waals surface area contributed by atoms with E-state index in [-0.39, 0.29) is 17.4 Å². The van der Waals surface area contributed by atoms with Gasteiger partial charge in [-0.2, -0.15) is 0 Å². The second-order valence-corrected chi connectivity index (χ2v) is 8.37. The zero-order chi connectivity index (χ0) is 18.4. The fourth-order valence-electron chi connectivity index (χ4n) is 2.19. The quantitative estimate of drug-likeness (QED) is 0.472. The fourth-order valence-corrected chi connectivity index (χ4v) is 4.42. The van der Waals surface area contributed by atoms with Crippen molar-refractivity contribution in [1.29, 1.82) is 0 Å². The molecular weight excluding hydrogens is 386 g/mol. The third kappa shape index (κ3) is 4.72. The van der Waals surface area contributed by atoms with E-state index >= 15 is 0 Å². The van der Waals surface area contributed by atoms with Crippen LogP contribution in [0.15, 0.2) is 63.3 Å². The van der Waals surface area contributed by atoms with Gasteiger partial charge in [0.05, 0.1) is 11.4 Å². The Morgan fingerprint density at radius 3 is 2.42 bits per heavy atom. The molecule has 0 radical (unpaired) electrons. The van der Waals surface area contributed by atoms with Gasteiger partial charge in [-0.25, -0.2) is 0 Å². The lowest BCUT2D eigenvalue weighted by molar-refractivity contribution is -0.113.